The Hall–Kier alpha value is -3.19. The molecule has 176 valence electrons. The smallest absolute Gasteiger partial charge is 0.358 e. The number of hydrogen-bond donors (Lipinski definition) is 1. The summed E-state index contributed by atoms with van der Waals surface area (Å²) in [4.78, 5) is 11.9. The quantitative estimate of drug-likeness (QED) is 0.291. The highest BCUT2D eigenvalue weighted by Crippen LogP contribution is 2.44. The van der Waals surface area contributed by atoms with Crippen LogP contribution in [0.15, 0.2) is 40.9 Å². The highest BCUT2D eigenvalue weighted by Gasteiger charge is 2.27. The van der Waals surface area contributed by atoms with Crippen LogP contribution in [0.4, 0.5) is 0 Å². The van der Waals surface area contributed by atoms with E-state index in [9.17, 15) is 9.90 Å². The molecule has 0 saturated heterocycles. The van der Waals surface area contributed by atoms with Crippen LogP contribution in [0, 0.1) is 0 Å². The minimum absolute atomic E-state index is 0.200. The van der Waals surface area contributed by atoms with Gasteiger partial charge in [-0.3, -0.25) is 0 Å². The Balaban J connectivity index is 2.13. The van der Waals surface area contributed by atoms with Gasteiger partial charge < -0.3 is 23.8 Å². The summed E-state index contributed by atoms with van der Waals surface area (Å²) in [5.41, 5.74) is 1.25. The zero-order valence-electron chi connectivity index (χ0n) is 19.0. The molecule has 0 saturated carbocycles. The van der Waals surface area contributed by atoms with Crippen molar-refractivity contribution < 1.29 is 28.6 Å². The molecule has 1 N–H and O–H groups in total. The van der Waals surface area contributed by atoms with E-state index in [-0.39, 0.29) is 11.5 Å². The van der Waals surface area contributed by atoms with E-state index in [4.69, 9.17) is 30.3 Å². The molecule has 0 fully saturated rings. The van der Waals surface area contributed by atoms with Crippen molar-refractivity contribution in [2.24, 2.45) is 0 Å². The Morgan fingerprint density at radius 1 is 1.03 bits per heavy atom. The molecule has 0 unspecified atom stereocenters. The van der Waals surface area contributed by atoms with Crippen molar-refractivity contribution in [1.82, 2.24) is 5.16 Å². The van der Waals surface area contributed by atoms with Crippen LogP contribution < -0.4 is 14.2 Å². The van der Waals surface area contributed by atoms with E-state index < -0.39 is 5.97 Å². The third-order valence-corrected chi connectivity index (χ3v) is 5.36. The number of halogens is 1. The molecule has 7 nitrogen and oxygen atoms in total. The maximum absolute atomic E-state index is 11.9. The van der Waals surface area contributed by atoms with Gasteiger partial charge in [-0.25, -0.2) is 4.79 Å². The Morgan fingerprint density at radius 2 is 1.67 bits per heavy atom. The summed E-state index contributed by atoms with van der Waals surface area (Å²) >= 11 is 6.52. The average molecular weight is 474 g/mol. The summed E-state index contributed by atoms with van der Waals surface area (Å²) in [6.45, 7) is 5.17. The number of carbonyl (C=O) groups is 1. The molecule has 3 rings (SSSR count). The number of aromatic nitrogens is 1. The SMILES string of the molecule is CCCCOc1cc(OCCCC)c(-c2onc(C(=O)O)c2-c2ccc(OC)cc2)cc1Cl. The first-order chi connectivity index (χ1) is 16.0. The van der Waals surface area contributed by atoms with E-state index in [1.165, 1.54) is 0 Å². The van der Waals surface area contributed by atoms with Crippen LogP contribution >= 0.6 is 11.6 Å². The van der Waals surface area contributed by atoms with Gasteiger partial charge in [-0.05, 0) is 36.6 Å². The maximum Gasteiger partial charge on any atom is 0.358 e. The predicted molar refractivity (Wildman–Crippen MR) is 127 cm³/mol. The van der Waals surface area contributed by atoms with E-state index in [1.807, 2.05) is 0 Å². The monoisotopic (exact) mass is 473 g/mol. The van der Waals surface area contributed by atoms with Crippen LogP contribution in [-0.2, 0) is 0 Å². The summed E-state index contributed by atoms with van der Waals surface area (Å²) in [6, 6.07) is 10.4. The second-order valence-electron chi connectivity index (χ2n) is 7.45. The second kappa shape index (κ2) is 11.6. The minimum atomic E-state index is -1.20. The van der Waals surface area contributed by atoms with Crippen LogP contribution in [0.1, 0.15) is 50.0 Å². The van der Waals surface area contributed by atoms with Crippen LogP contribution in [0.25, 0.3) is 22.5 Å². The average Bonchev–Trinajstić information content (AvgIpc) is 3.26. The molecule has 0 aliphatic rings. The van der Waals surface area contributed by atoms with E-state index in [2.05, 4.69) is 19.0 Å². The summed E-state index contributed by atoms with van der Waals surface area (Å²) in [5.74, 6) is 0.696. The van der Waals surface area contributed by atoms with Gasteiger partial charge >= 0.3 is 5.97 Å². The zero-order valence-corrected chi connectivity index (χ0v) is 19.8. The van der Waals surface area contributed by atoms with E-state index in [0.29, 0.717) is 52.2 Å². The summed E-state index contributed by atoms with van der Waals surface area (Å²) in [5, 5.41) is 13.9. The molecule has 33 heavy (non-hydrogen) atoms. The number of unbranched alkanes of at least 4 members (excludes halogenated alkanes) is 2. The topological polar surface area (TPSA) is 91.0 Å². The Morgan fingerprint density at radius 3 is 2.24 bits per heavy atom. The molecule has 3 aromatic rings. The molecule has 2 aromatic carbocycles. The normalized spacial score (nSPS) is 10.8. The van der Waals surface area contributed by atoms with Crippen molar-refractivity contribution in [3.8, 4) is 39.7 Å². The summed E-state index contributed by atoms with van der Waals surface area (Å²) < 4.78 is 22.6. The molecule has 1 heterocycles. The fourth-order valence-electron chi connectivity index (χ4n) is 3.24. The predicted octanol–water partition coefficient (Wildman–Crippen LogP) is 6.73. The molecule has 0 atom stereocenters. The van der Waals surface area contributed by atoms with Gasteiger partial charge in [-0.2, -0.15) is 0 Å². The number of rotatable bonds is 12. The largest absolute Gasteiger partial charge is 0.497 e. The van der Waals surface area contributed by atoms with Crippen molar-refractivity contribution in [2.75, 3.05) is 20.3 Å². The number of aromatic carboxylic acids is 1. The first kappa shape index (κ1) is 24.5. The van der Waals surface area contributed by atoms with Gasteiger partial charge in [0.05, 0.1) is 36.5 Å². The number of carboxylic acids is 1. The molecule has 0 amide bonds. The molecule has 0 aliphatic carbocycles. The van der Waals surface area contributed by atoms with Crippen molar-refractivity contribution in [3.05, 3.63) is 47.1 Å². The number of hydrogen-bond acceptors (Lipinski definition) is 6. The van der Waals surface area contributed by atoms with Gasteiger partial charge in [0, 0.05) is 6.07 Å². The summed E-state index contributed by atoms with van der Waals surface area (Å²) in [6.07, 6.45) is 3.72. The minimum Gasteiger partial charge on any atom is -0.497 e. The van der Waals surface area contributed by atoms with Crippen molar-refractivity contribution >= 4 is 17.6 Å². The third kappa shape index (κ3) is 5.79. The third-order valence-electron chi connectivity index (χ3n) is 5.06. The highest BCUT2D eigenvalue weighted by atomic mass is 35.5. The molecule has 8 heteroatoms. The number of nitrogens with zero attached hydrogens (tertiary/aromatic N) is 1. The van der Waals surface area contributed by atoms with Crippen LogP contribution in [0.3, 0.4) is 0 Å². The highest BCUT2D eigenvalue weighted by molar-refractivity contribution is 6.32. The van der Waals surface area contributed by atoms with Crippen molar-refractivity contribution in [3.63, 3.8) is 0 Å². The lowest BCUT2D eigenvalue weighted by Gasteiger charge is -2.15. The van der Waals surface area contributed by atoms with Gasteiger partial charge in [0.25, 0.3) is 0 Å². The lowest BCUT2D eigenvalue weighted by molar-refractivity contribution is 0.0686. The van der Waals surface area contributed by atoms with Gasteiger partial charge in [0.2, 0.25) is 0 Å². The first-order valence-electron chi connectivity index (χ1n) is 11.0. The second-order valence-corrected chi connectivity index (χ2v) is 7.86. The number of carboxylic acid groups (broad SMARTS) is 1. The number of ether oxygens (including phenoxy) is 3. The molecular formula is C25H28ClNO6. The number of benzene rings is 2. The van der Waals surface area contributed by atoms with Crippen LogP contribution in [0.5, 0.6) is 17.2 Å². The van der Waals surface area contributed by atoms with Crippen molar-refractivity contribution in [1.29, 1.82) is 0 Å². The maximum atomic E-state index is 11.9. The number of methoxy groups -OCH3 is 1. The molecule has 1 aromatic heterocycles. The molecule has 0 radical (unpaired) electrons. The molecule has 0 aliphatic heterocycles. The van der Waals surface area contributed by atoms with Gasteiger partial charge in [-0.1, -0.05) is 55.6 Å². The van der Waals surface area contributed by atoms with Gasteiger partial charge in [-0.15, -0.1) is 0 Å². The summed E-state index contributed by atoms with van der Waals surface area (Å²) in [7, 11) is 1.56. The van der Waals surface area contributed by atoms with Crippen LogP contribution in [0.2, 0.25) is 5.02 Å². The molecule has 0 spiro atoms. The lowest BCUT2D eigenvalue weighted by Crippen LogP contribution is -2.02. The van der Waals surface area contributed by atoms with Crippen molar-refractivity contribution in [2.45, 2.75) is 39.5 Å². The fraction of sp³-hybridized carbons (Fsp3) is 0.360. The Kier molecular flexibility index (Phi) is 8.60. The van der Waals surface area contributed by atoms with E-state index >= 15 is 0 Å². The van der Waals surface area contributed by atoms with E-state index in [0.717, 1.165) is 25.7 Å². The zero-order chi connectivity index (χ0) is 23.8. The molecule has 0 bridgehead atoms. The Labute approximate surface area is 198 Å². The van der Waals surface area contributed by atoms with Crippen LogP contribution in [-0.4, -0.2) is 36.6 Å². The molecular weight excluding hydrogens is 446 g/mol. The lowest BCUT2D eigenvalue weighted by atomic mass is 9.98. The standard InChI is InChI=1S/C25H28ClNO6/c1-4-6-12-31-20-15-21(32-13-7-5-2)19(26)14-18(20)24-22(23(25(28)29)27-33-24)16-8-10-17(30-3)11-9-16/h8-11,14-15H,4-7,12-13H2,1-3H3,(H,28,29). The fourth-order valence-corrected chi connectivity index (χ4v) is 3.46. The Bertz CT molecular complexity index is 1080. The van der Waals surface area contributed by atoms with Gasteiger partial charge in [0.1, 0.15) is 17.2 Å². The first-order valence-corrected chi connectivity index (χ1v) is 11.3. The van der Waals surface area contributed by atoms with Gasteiger partial charge in [0.15, 0.2) is 11.5 Å². The van der Waals surface area contributed by atoms with E-state index in [1.54, 1.807) is 43.5 Å².